The van der Waals surface area contributed by atoms with Gasteiger partial charge in [-0.05, 0) is 131 Å². The van der Waals surface area contributed by atoms with Gasteiger partial charge in [-0.3, -0.25) is 19.3 Å². The van der Waals surface area contributed by atoms with E-state index in [4.69, 9.17) is 18.9 Å². The maximum absolute atomic E-state index is 11.5. The molecule has 11 nitrogen and oxygen atoms in total. The van der Waals surface area contributed by atoms with Gasteiger partial charge in [0.25, 0.3) is 0 Å². The highest BCUT2D eigenvalue weighted by molar-refractivity contribution is 8.01. The van der Waals surface area contributed by atoms with Crippen LogP contribution < -0.4 is 0 Å². The van der Waals surface area contributed by atoms with Crippen molar-refractivity contribution in [3.63, 3.8) is 0 Å². The normalized spacial score (nSPS) is 28.3. The minimum atomic E-state index is 0.289. The van der Waals surface area contributed by atoms with E-state index in [1.54, 1.807) is 16.7 Å². The third kappa shape index (κ3) is 25.8. The number of epoxide rings is 1. The number of Topliss-reactive ketones (excluding diaryl/α,β-unsaturated/α-hetero) is 1. The average molecular weight is 1010 g/mol. The van der Waals surface area contributed by atoms with Gasteiger partial charge >= 0.3 is 0 Å². The number of amides is 2. The number of hydrogen-bond acceptors (Lipinski definition) is 10. The molecule has 9 fully saturated rings. The summed E-state index contributed by atoms with van der Waals surface area (Å²) in [7, 11) is 4.05. The summed E-state index contributed by atoms with van der Waals surface area (Å²) in [6, 6.07) is 23.4. The summed E-state index contributed by atoms with van der Waals surface area (Å²) >= 11 is 1.76. The van der Waals surface area contributed by atoms with Crippen LogP contribution in [-0.4, -0.2) is 151 Å². The molecule has 0 radical (unpaired) electrons. The van der Waals surface area contributed by atoms with E-state index in [1.165, 1.54) is 62.7 Å². The first-order valence-electron chi connectivity index (χ1n) is 27.3. The molecule has 71 heavy (non-hydrogen) atoms. The van der Waals surface area contributed by atoms with Gasteiger partial charge in [0.15, 0.2) is 0 Å². The lowest BCUT2D eigenvalue weighted by atomic mass is 9.86. The Morgan fingerprint density at radius 2 is 1.10 bits per heavy atom. The van der Waals surface area contributed by atoms with Crippen molar-refractivity contribution >= 4 is 29.4 Å². The number of ether oxygens (including phenoxy) is 4. The van der Waals surface area contributed by atoms with Crippen molar-refractivity contribution in [3.05, 3.63) is 71.8 Å². The van der Waals surface area contributed by atoms with Gasteiger partial charge in [0.2, 0.25) is 11.8 Å². The van der Waals surface area contributed by atoms with Gasteiger partial charge in [0.05, 0.1) is 50.5 Å². The molecule has 404 valence electrons. The van der Waals surface area contributed by atoms with Crippen LogP contribution in [0.15, 0.2) is 60.7 Å². The molecular weight excluding hydrogens is 909 g/mol. The zero-order valence-electron chi connectivity index (χ0n) is 46.9. The van der Waals surface area contributed by atoms with Gasteiger partial charge in [-0.1, -0.05) is 88.4 Å². The number of benzene rings is 2. The van der Waals surface area contributed by atoms with E-state index >= 15 is 0 Å². The maximum Gasteiger partial charge on any atom is 0.223 e. The molecule has 0 aliphatic carbocycles. The number of thioether (sulfide) groups is 1. The van der Waals surface area contributed by atoms with Crippen molar-refractivity contribution in [1.82, 2.24) is 19.6 Å². The zero-order valence-corrected chi connectivity index (χ0v) is 47.7. The highest BCUT2D eigenvalue weighted by Crippen LogP contribution is 2.29. The average Bonchev–Trinajstić information content (AvgIpc) is 3.63. The lowest BCUT2D eigenvalue weighted by molar-refractivity contribution is -0.129. The first kappa shape index (κ1) is 62.5. The standard InChI is InChI=1S/C12H15NO.C12H17N.C6H11NO.C6H13N.C6H12O.C5H8OS.C5H10O.C4H8O.C3H6O/c1-10-7-8-12(14)13(10)9-11-5-3-2-4-6-11;1-11-6-5-9-13(11)10-12-7-3-2-4-8-12;1-5-3-4-6(8)7(5)2;1-6-4-3-5-7(6)2;1-3-6(2)4-7-5-6;1-4-5(6)2-3-7-4;1-5(2)3-6-4-5;1-4-2-3-5-4;1-3-2-4-3/h2-6,10H,7-9H2,1H3;2-4,7-8,11H,5-6,9-10H2,1H3;5H,3-4H2,1-2H3;6H,3-5H2,1-2H3;3-5H2,1-2H3;4H,2-3H2,1H3;3-4H2,1-2H3;4H,2-3H2,1H3;3H,2H2,1H3. The van der Waals surface area contributed by atoms with Crippen LogP contribution in [0.5, 0.6) is 0 Å². The number of carbonyl (C=O) groups is 3. The Balaban J connectivity index is 0.000000217. The van der Waals surface area contributed by atoms with Crippen molar-refractivity contribution in [2.45, 2.75) is 202 Å². The highest BCUT2D eigenvalue weighted by Gasteiger charge is 2.31. The molecule has 2 amide bonds. The van der Waals surface area contributed by atoms with Gasteiger partial charge in [-0.15, -0.1) is 0 Å². The SMILES string of the molecule is CC1(C)COC1.CC1CCC(=O)N1C.CC1CCC(=O)N1Cc1ccccc1.CC1CCCN1C.CC1CCCN1Cc1ccccc1.CC1CCO1.CC1CO1.CC1SCCC1=O.CCC1(C)COC1. The molecular formula is C59H100N4O7S. The lowest BCUT2D eigenvalue weighted by Gasteiger charge is -2.36. The summed E-state index contributed by atoms with van der Waals surface area (Å²) < 4.78 is 19.6. The number of rotatable bonds is 5. The van der Waals surface area contributed by atoms with E-state index < -0.39 is 0 Å². The second-order valence-corrected chi connectivity index (χ2v) is 23.8. The van der Waals surface area contributed by atoms with Gasteiger partial charge in [0, 0.05) is 86.8 Å². The van der Waals surface area contributed by atoms with Gasteiger partial charge in [0.1, 0.15) is 5.78 Å². The Kier molecular flexibility index (Phi) is 29.2. The molecule has 0 spiro atoms. The molecule has 2 aromatic rings. The molecule has 0 saturated carbocycles. The van der Waals surface area contributed by atoms with Gasteiger partial charge < -0.3 is 33.6 Å². The predicted octanol–water partition coefficient (Wildman–Crippen LogP) is 11.4. The van der Waals surface area contributed by atoms with E-state index in [1.807, 2.05) is 37.1 Å². The molecule has 9 aliphatic rings. The Morgan fingerprint density at radius 3 is 1.32 bits per heavy atom. The first-order valence-corrected chi connectivity index (χ1v) is 28.4. The summed E-state index contributed by atoms with van der Waals surface area (Å²) in [5, 5.41) is 0.292. The summed E-state index contributed by atoms with van der Waals surface area (Å²) in [5.74, 6) is 2.05. The second-order valence-electron chi connectivity index (χ2n) is 22.4. The highest BCUT2D eigenvalue weighted by atomic mass is 32.2. The molecule has 11 rings (SSSR count). The van der Waals surface area contributed by atoms with Crippen LogP contribution in [0.25, 0.3) is 0 Å². The zero-order chi connectivity index (χ0) is 52.4. The largest absolute Gasteiger partial charge is 0.380 e. The molecule has 0 N–H and O–H groups in total. The summed E-state index contributed by atoms with van der Waals surface area (Å²) in [5.41, 5.74) is 3.70. The monoisotopic (exact) mass is 1010 g/mol. The fraction of sp³-hybridized carbons (Fsp3) is 0.746. The molecule has 12 heteroatoms. The van der Waals surface area contributed by atoms with E-state index in [0.717, 1.165) is 96.3 Å². The molecule has 2 aromatic carbocycles. The van der Waals surface area contributed by atoms with Crippen molar-refractivity contribution < 1.29 is 33.3 Å². The number of hydrogen-bond donors (Lipinski definition) is 0. The van der Waals surface area contributed by atoms with Gasteiger partial charge in [-0.25, -0.2) is 0 Å². The molecule has 0 bridgehead atoms. The number of nitrogens with zero attached hydrogens (tertiary/aromatic N) is 4. The Labute approximate surface area is 437 Å². The fourth-order valence-electron chi connectivity index (χ4n) is 8.22. The molecule has 9 heterocycles. The van der Waals surface area contributed by atoms with E-state index in [-0.39, 0.29) is 5.91 Å². The molecule has 9 saturated heterocycles. The summed E-state index contributed by atoms with van der Waals surface area (Å²) in [6.07, 6.45) is 13.5. The van der Waals surface area contributed by atoms with Crippen LogP contribution in [-0.2, 0) is 46.4 Å². The van der Waals surface area contributed by atoms with Crippen molar-refractivity contribution in [1.29, 1.82) is 0 Å². The number of carbonyl (C=O) groups excluding carboxylic acids is 3. The molecule has 0 aromatic heterocycles. The van der Waals surface area contributed by atoms with Crippen LogP contribution in [0.3, 0.4) is 0 Å². The number of likely N-dealkylation sites (tertiary alicyclic amines) is 4. The van der Waals surface area contributed by atoms with Crippen molar-refractivity contribution in [3.8, 4) is 0 Å². The second kappa shape index (κ2) is 33.2. The van der Waals surface area contributed by atoms with Crippen LogP contribution in [0.4, 0.5) is 0 Å². The van der Waals surface area contributed by atoms with Crippen LogP contribution in [0, 0.1) is 10.8 Å². The molecule has 9 aliphatic heterocycles. The third-order valence-corrected chi connectivity index (χ3v) is 16.0. The molecule has 7 unspecified atom stereocenters. The third-order valence-electron chi connectivity index (χ3n) is 14.8. The predicted molar refractivity (Wildman–Crippen MR) is 295 cm³/mol. The number of ketones is 1. The Morgan fingerprint density at radius 1 is 0.606 bits per heavy atom. The van der Waals surface area contributed by atoms with Crippen molar-refractivity contribution in [2.24, 2.45) is 10.8 Å². The van der Waals surface area contributed by atoms with E-state index in [0.29, 0.717) is 58.5 Å². The Bertz CT molecular complexity index is 1740. The van der Waals surface area contributed by atoms with E-state index in [2.05, 4.69) is 129 Å². The summed E-state index contributed by atoms with van der Waals surface area (Å²) in [6.45, 7) is 34.1. The molecule has 7 atom stereocenters. The quantitative estimate of drug-likeness (QED) is 0.269. The fourth-order valence-corrected chi connectivity index (χ4v) is 9.20. The van der Waals surface area contributed by atoms with Crippen LogP contribution >= 0.6 is 11.8 Å². The smallest absolute Gasteiger partial charge is 0.223 e. The van der Waals surface area contributed by atoms with Crippen molar-refractivity contribution in [2.75, 3.05) is 72.6 Å². The van der Waals surface area contributed by atoms with Gasteiger partial charge in [-0.2, -0.15) is 11.8 Å². The Hall–Kier alpha value is -2.84. The first-order chi connectivity index (χ1) is 33.7. The lowest BCUT2D eigenvalue weighted by Crippen LogP contribution is -2.38. The van der Waals surface area contributed by atoms with Crippen LogP contribution in [0.1, 0.15) is 158 Å². The summed E-state index contributed by atoms with van der Waals surface area (Å²) in [4.78, 5) is 41.5. The van der Waals surface area contributed by atoms with Crippen LogP contribution in [0.2, 0.25) is 0 Å². The maximum atomic E-state index is 11.5. The topological polar surface area (TPSA) is 104 Å². The minimum absolute atomic E-state index is 0.289. The van der Waals surface area contributed by atoms with E-state index in [9.17, 15) is 14.4 Å². The minimum Gasteiger partial charge on any atom is -0.380 e.